The molecular formula is C13H14O5S. The first-order valence-corrected chi connectivity index (χ1v) is 6.75. The molecule has 0 saturated heterocycles. The molecule has 2 aromatic rings. The Hall–Kier alpha value is -2.05. The molecule has 0 bridgehead atoms. The second kappa shape index (κ2) is 5.73. The van der Waals surface area contributed by atoms with E-state index < -0.39 is 26.5 Å². The fourth-order valence-corrected chi connectivity index (χ4v) is 2.36. The SMILES string of the molecule is C=CC.O=S(=O)(O)c1c(O)c(O)cc2ccccc12. The third-order valence-corrected chi connectivity index (χ3v) is 3.14. The van der Waals surface area contributed by atoms with E-state index in [4.69, 9.17) is 4.55 Å². The first-order valence-electron chi connectivity index (χ1n) is 5.31. The molecule has 19 heavy (non-hydrogen) atoms. The normalized spacial score (nSPS) is 10.6. The van der Waals surface area contributed by atoms with Crippen LogP contribution in [-0.4, -0.2) is 23.2 Å². The third kappa shape index (κ3) is 3.24. The molecule has 0 fully saturated rings. The lowest BCUT2D eigenvalue weighted by atomic mass is 10.1. The van der Waals surface area contributed by atoms with Crippen LogP contribution in [0.15, 0.2) is 47.9 Å². The monoisotopic (exact) mass is 282 g/mol. The molecule has 0 aromatic heterocycles. The molecule has 0 radical (unpaired) electrons. The molecule has 5 nitrogen and oxygen atoms in total. The molecule has 0 aliphatic heterocycles. The molecular weight excluding hydrogens is 268 g/mol. The summed E-state index contributed by atoms with van der Waals surface area (Å²) in [6.45, 7) is 5.25. The minimum Gasteiger partial charge on any atom is -0.504 e. The molecule has 3 N–H and O–H groups in total. The third-order valence-electron chi connectivity index (χ3n) is 2.21. The van der Waals surface area contributed by atoms with Crippen molar-refractivity contribution in [2.75, 3.05) is 0 Å². The summed E-state index contributed by atoms with van der Waals surface area (Å²) < 4.78 is 31.2. The van der Waals surface area contributed by atoms with Crippen molar-refractivity contribution in [2.24, 2.45) is 0 Å². The van der Waals surface area contributed by atoms with Crippen LogP contribution in [0.4, 0.5) is 0 Å². The summed E-state index contributed by atoms with van der Waals surface area (Å²) >= 11 is 0. The molecule has 0 amide bonds. The van der Waals surface area contributed by atoms with Gasteiger partial charge in [-0.15, -0.1) is 6.58 Å². The Morgan fingerprint density at radius 2 is 1.74 bits per heavy atom. The molecule has 0 saturated carbocycles. The van der Waals surface area contributed by atoms with Crippen LogP contribution in [0.5, 0.6) is 11.5 Å². The molecule has 6 heteroatoms. The van der Waals surface area contributed by atoms with Gasteiger partial charge in [0, 0.05) is 5.39 Å². The Balaban J connectivity index is 0.000000550. The fraction of sp³-hybridized carbons (Fsp3) is 0.0769. The zero-order valence-corrected chi connectivity index (χ0v) is 11.1. The van der Waals surface area contributed by atoms with Gasteiger partial charge in [-0.2, -0.15) is 8.42 Å². The lowest BCUT2D eigenvalue weighted by molar-refractivity contribution is 0.391. The van der Waals surface area contributed by atoms with E-state index in [1.54, 1.807) is 24.3 Å². The highest BCUT2D eigenvalue weighted by Gasteiger charge is 2.22. The predicted molar refractivity (Wildman–Crippen MR) is 73.0 cm³/mol. The molecule has 0 atom stereocenters. The molecule has 0 heterocycles. The van der Waals surface area contributed by atoms with Crippen molar-refractivity contribution < 1.29 is 23.2 Å². The average Bonchev–Trinajstić information content (AvgIpc) is 2.30. The van der Waals surface area contributed by atoms with Gasteiger partial charge >= 0.3 is 0 Å². The number of hydrogen-bond donors (Lipinski definition) is 3. The smallest absolute Gasteiger partial charge is 0.298 e. The van der Waals surface area contributed by atoms with E-state index in [1.807, 2.05) is 6.92 Å². The summed E-state index contributed by atoms with van der Waals surface area (Å²) in [5.74, 6) is -1.44. The molecule has 0 aliphatic carbocycles. The van der Waals surface area contributed by atoms with Crippen molar-refractivity contribution in [3.8, 4) is 11.5 Å². The zero-order chi connectivity index (χ0) is 14.6. The fourth-order valence-electron chi connectivity index (χ4n) is 1.55. The number of allylic oxidation sites excluding steroid dienone is 1. The van der Waals surface area contributed by atoms with Crippen LogP contribution in [0, 0.1) is 0 Å². The first-order chi connectivity index (χ1) is 8.82. The number of aromatic hydroxyl groups is 2. The summed E-state index contributed by atoms with van der Waals surface area (Å²) in [4.78, 5) is -0.678. The highest BCUT2D eigenvalue weighted by molar-refractivity contribution is 7.86. The van der Waals surface area contributed by atoms with Gasteiger partial charge in [-0.3, -0.25) is 4.55 Å². The van der Waals surface area contributed by atoms with Crippen LogP contribution in [-0.2, 0) is 10.1 Å². The standard InChI is InChI=1S/C10H8O5S.C3H6/c11-8-5-6-3-1-2-4-7(6)10(9(8)12)16(13,14)15;1-3-2/h1-5,11-12H,(H,13,14,15);3H,1H2,2H3. The predicted octanol–water partition coefficient (Wildman–Crippen LogP) is 2.69. The number of fused-ring (bicyclic) bond motifs is 1. The maximum Gasteiger partial charge on any atom is 0.298 e. The van der Waals surface area contributed by atoms with Gasteiger partial charge in [-0.05, 0) is 18.4 Å². The van der Waals surface area contributed by atoms with Crippen molar-refractivity contribution in [3.63, 3.8) is 0 Å². The molecule has 0 unspecified atom stereocenters. The number of rotatable bonds is 1. The maximum absolute atomic E-state index is 11.1. The lowest BCUT2D eigenvalue weighted by Gasteiger charge is -2.07. The highest BCUT2D eigenvalue weighted by atomic mass is 32.2. The Morgan fingerprint density at radius 3 is 2.26 bits per heavy atom. The van der Waals surface area contributed by atoms with Crippen LogP contribution in [0.2, 0.25) is 0 Å². The summed E-state index contributed by atoms with van der Waals surface area (Å²) in [6, 6.07) is 7.42. The van der Waals surface area contributed by atoms with Gasteiger partial charge in [0.1, 0.15) is 4.90 Å². The van der Waals surface area contributed by atoms with Crippen molar-refractivity contribution in [2.45, 2.75) is 11.8 Å². The van der Waals surface area contributed by atoms with Crippen molar-refractivity contribution in [3.05, 3.63) is 43.0 Å². The van der Waals surface area contributed by atoms with Crippen LogP contribution in [0.1, 0.15) is 6.92 Å². The first kappa shape index (κ1) is 15.0. The van der Waals surface area contributed by atoms with Crippen LogP contribution in [0.25, 0.3) is 10.8 Å². The van der Waals surface area contributed by atoms with E-state index in [2.05, 4.69) is 6.58 Å². The molecule has 0 aliphatic rings. The summed E-state index contributed by atoms with van der Waals surface area (Å²) in [5.41, 5.74) is 0. The molecule has 2 rings (SSSR count). The number of hydrogen-bond acceptors (Lipinski definition) is 4. The van der Waals surface area contributed by atoms with E-state index in [0.29, 0.717) is 5.39 Å². The van der Waals surface area contributed by atoms with Crippen molar-refractivity contribution in [1.82, 2.24) is 0 Å². The number of benzene rings is 2. The Kier molecular flexibility index (Phi) is 4.52. The second-order valence-electron chi connectivity index (χ2n) is 3.68. The summed E-state index contributed by atoms with van der Waals surface area (Å²) in [7, 11) is -4.59. The van der Waals surface area contributed by atoms with E-state index in [0.717, 1.165) is 0 Å². The Labute approximate surface area is 111 Å². The number of phenolic OH excluding ortho intramolecular Hbond substituents is 2. The van der Waals surface area contributed by atoms with Gasteiger partial charge in [-0.1, -0.05) is 30.3 Å². The zero-order valence-electron chi connectivity index (χ0n) is 10.2. The quantitative estimate of drug-likeness (QED) is 0.424. The van der Waals surface area contributed by atoms with Gasteiger partial charge in [0.05, 0.1) is 0 Å². The van der Waals surface area contributed by atoms with Crippen molar-refractivity contribution >= 4 is 20.9 Å². The van der Waals surface area contributed by atoms with Gasteiger partial charge in [-0.25, -0.2) is 0 Å². The molecule has 0 spiro atoms. The summed E-state index contributed by atoms with van der Waals surface area (Å²) in [6.07, 6.45) is 1.75. The van der Waals surface area contributed by atoms with Gasteiger partial charge in [0.25, 0.3) is 10.1 Å². The van der Waals surface area contributed by atoms with Crippen LogP contribution >= 0.6 is 0 Å². The topological polar surface area (TPSA) is 94.8 Å². The maximum atomic E-state index is 11.1. The molecule has 102 valence electrons. The van der Waals surface area contributed by atoms with Gasteiger partial charge < -0.3 is 10.2 Å². The second-order valence-corrected chi connectivity index (χ2v) is 5.04. The van der Waals surface area contributed by atoms with Crippen LogP contribution < -0.4 is 0 Å². The van der Waals surface area contributed by atoms with E-state index in [-0.39, 0.29) is 5.39 Å². The van der Waals surface area contributed by atoms with Crippen LogP contribution in [0.3, 0.4) is 0 Å². The largest absolute Gasteiger partial charge is 0.504 e. The Morgan fingerprint density at radius 1 is 1.21 bits per heavy atom. The molecule has 2 aromatic carbocycles. The van der Waals surface area contributed by atoms with E-state index in [9.17, 15) is 18.6 Å². The lowest BCUT2D eigenvalue weighted by Crippen LogP contribution is -1.99. The van der Waals surface area contributed by atoms with Gasteiger partial charge in [0.2, 0.25) is 0 Å². The van der Waals surface area contributed by atoms with E-state index in [1.165, 1.54) is 12.1 Å². The number of phenols is 2. The Bertz CT molecular complexity index is 704. The van der Waals surface area contributed by atoms with Crippen molar-refractivity contribution in [1.29, 1.82) is 0 Å². The van der Waals surface area contributed by atoms with E-state index >= 15 is 0 Å². The minimum absolute atomic E-state index is 0.153. The highest BCUT2D eigenvalue weighted by Crippen LogP contribution is 2.38. The van der Waals surface area contributed by atoms with Gasteiger partial charge in [0.15, 0.2) is 11.5 Å². The summed E-state index contributed by atoms with van der Waals surface area (Å²) in [5, 5.41) is 19.3. The minimum atomic E-state index is -4.59. The average molecular weight is 282 g/mol.